The zero-order valence-corrected chi connectivity index (χ0v) is 26.6. The van der Waals surface area contributed by atoms with Crippen molar-refractivity contribution in [3.63, 3.8) is 0 Å². The van der Waals surface area contributed by atoms with Crippen molar-refractivity contribution in [1.82, 2.24) is 20.0 Å². The van der Waals surface area contributed by atoms with Gasteiger partial charge in [-0.1, -0.05) is 37.6 Å². The maximum Gasteiger partial charge on any atom is 0.135 e. The first-order valence-corrected chi connectivity index (χ1v) is 16.2. The van der Waals surface area contributed by atoms with Crippen LogP contribution in [0.25, 0.3) is 0 Å². The number of likely N-dealkylation sites (N-methyl/N-ethyl adjacent to an activating group) is 1. The fourth-order valence-corrected chi connectivity index (χ4v) is 6.41. The van der Waals surface area contributed by atoms with Gasteiger partial charge in [0.1, 0.15) is 11.7 Å². The van der Waals surface area contributed by atoms with E-state index >= 15 is 0 Å². The molecule has 1 N–H and O–H groups in total. The van der Waals surface area contributed by atoms with Crippen LogP contribution >= 0.6 is 0 Å². The van der Waals surface area contributed by atoms with E-state index < -0.39 is 0 Å². The molecule has 1 aliphatic carbocycles. The second kappa shape index (κ2) is 15.3. The largest absolute Gasteiger partial charge is 0.376 e. The van der Waals surface area contributed by atoms with Crippen molar-refractivity contribution in [3.05, 3.63) is 83.2 Å². The molecule has 0 amide bonds. The molecule has 0 spiro atoms. The molecule has 224 valence electrons. The number of likely N-dealkylation sites (tertiary alicyclic amines) is 1. The van der Waals surface area contributed by atoms with Gasteiger partial charge < -0.3 is 20.0 Å². The minimum atomic E-state index is 0.483. The number of nitrogens with one attached hydrogen (secondary N) is 1. The summed E-state index contributed by atoms with van der Waals surface area (Å²) < 4.78 is 0. The summed E-state index contributed by atoms with van der Waals surface area (Å²) in [7, 11) is 2.22. The van der Waals surface area contributed by atoms with Crippen LogP contribution in [0.1, 0.15) is 91.9 Å². The maximum absolute atomic E-state index is 4.89. The lowest BCUT2D eigenvalue weighted by Crippen LogP contribution is -2.35. The average molecular weight is 558 g/mol. The van der Waals surface area contributed by atoms with E-state index in [9.17, 15) is 0 Å². The highest BCUT2D eigenvalue weighted by Crippen LogP contribution is 2.32. The number of piperidine rings is 1. The molecule has 41 heavy (non-hydrogen) atoms. The van der Waals surface area contributed by atoms with Crippen molar-refractivity contribution in [2.24, 2.45) is 10.9 Å². The number of hydrogen-bond donors (Lipinski definition) is 1. The topological polar surface area (TPSA) is 34.1 Å². The standard InChI is InChI=1S/C36H55N5/c1-7-8-9-11-18-39(6)27-32(25-34(21-28(2)3)40-19-12-10-13-20-40)24-31-14-16-33(17-15-31)37-35-23-30(5)41-26-29(4)22-36(41)38-35/h9,11,21-23,25,27,31,33,37H,5,7-8,10,12-20,24,26H2,1-4,6H3/b11-9+,32-27+,34-25+. The van der Waals surface area contributed by atoms with Gasteiger partial charge in [0.2, 0.25) is 0 Å². The number of fused-ring (bicyclic) bond motifs is 1. The van der Waals surface area contributed by atoms with Crippen molar-refractivity contribution in [2.75, 3.05) is 33.2 Å². The van der Waals surface area contributed by atoms with Gasteiger partial charge in [-0.2, -0.15) is 0 Å². The zero-order valence-electron chi connectivity index (χ0n) is 26.6. The Hall–Kier alpha value is -2.95. The molecule has 4 rings (SSSR count). The summed E-state index contributed by atoms with van der Waals surface area (Å²) in [6.07, 6.45) is 28.6. The lowest BCUT2D eigenvalue weighted by atomic mass is 9.82. The molecule has 0 bridgehead atoms. The Kier molecular flexibility index (Phi) is 11.6. The van der Waals surface area contributed by atoms with Crippen LogP contribution in [0.15, 0.2) is 88.2 Å². The first kappa shape index (κ1) is 31.0. The lowest BCUT2D eigenvalue weighted by Gasteiger charge is -2.33. The first-order valence-electron chi connectivity index (χ1n) is 16.2. The van der Waals surface area contributed by atoms with E-state index in [-0.39, 0.29) is 0 Å². The number of hydrogen-bond acceptors (Lipinski definition) is 5. The minimum absolute atomic E-state index is 0.483. The summed E-state index contributed by atoms with van der Waals surface area (Å²) in [4.78, 5) is 12.1. The van der Waals surface area contributed by atoms with E-state index in [0.717, 1.165) is 43.3 Å². The average Bonchev–Trinajstić information content (AvgIpc) is 3.33. The molecule has 4 aliphatic rings. The third-order valence-electron chi connectivity index (χ3n) is 8.56. The van der Waals surface area contributed by atoms with Gasteiger partial charge in [0.25, 0.3) is 0 Å². The van der Waals surface area contributed by atoms with Gasteiger partial charge >= 0.3 is 0 Å². The van der Waals surface area contributed by atoms with Crippen LogP contribution < -0.4 is 5.32 Å². The molecule has 0 radical (unpaired) electrons. The normalized spacial score (nSPS) is 23.7. The monoisotopic (exact) mass is 557 g/mol. The molecule has 0 unspecified atom stereocenters. The first-order chi connectivity index (χ1) is 19.8. The molecule has 1 saturated heterocycles. The minimum Gasteiger partial charge on any atom is -0.376 e. The number of aliphatic imine (C=N–C) groups is 1. The molecular formula is C36H55N5. The van der Waals surface area contributed by atoms with Crippen molar-refractivity contribution in [2.45, 2.75) is 97.9 Å². The molecule has 3 heterocycles. The second-order valence-electron chi connectivity index (χ2n) is 12.9. The molecule has 2 fully saturated rings. The number of allylic oxidation sites excluding steroid dienone is 6. The van der Waals surface area contributed by atoms with Gasteiger partial charge in [-0.05, 0) is 114 Å². The highest BCUT2D eigenvalue weighted by atomic mass is 15.3. The molecule has 3 aliphatic heterocycles. The number of amidine groups is 1. The van der Waals surface area contributed by atoms with Crippen LogP contribution in [0.5, 0.6) is 0 Å². The number of rotatable bonds is 12. The number of nitrogens with zero attached hydrogens (tertiary/aromatic N) is 4. The summed E-state index contributed by atoms with van der Waals surface area (Å²) in [5, 5.41) is 3.75. The van der Waals surface area contributed by atoms with Crippen molar-refractivity contribution < 1.29 is 0 Å². The highest BCUT2D eigenvalue weighted by Gasteiger charge is 2.26. The van der Waals surface area contributed by atoms with E-state index in [2.05, 4.69) is 104 Å². The molecule has 0 aromatic rings. The Balaban J connectivity index is 1.42. The highest BCUT2D eigenvalue weighted by molar-refractivity contribution is 5.99. The summed E-state index contributed by atoms with van der Waals surface area (Å²) in [6.45, 7) is 17.4. The molecule has 5 heteroatoms. The molecule has 5 nitrogen and oxygen atoms in total. The molecule has 1 saturated carbocycles. The van der Waals surface area contributed by atoms with Gasteiger partial charge in [0.15, 0.2) is 0 Å². The van der Waals surface area contributed by atoms with Gasteiger partial charge in [-0.15, -0.1) is 0 Å². The van der Waals surface area contributed by atoms with Crippen LogP contribution in [0.4, 0.5) is 0 Å². The summed E-state index contributed by atoms with van der Waals surface area (Å²) in [5.74, 6) is 2.72. The van der Waals surface area contributed by atoms with Crippen LogP contribution in [-0.4, -0.2) is 59.8 Å². The Morgan fingerprint density at radius 1 is 1.07 bits per heavy atom. The fourth-order valence-electron chi connectivity index (χ4n) is 6.41. The van der Waals surface area contributed by atoms with E-state index in [1.54, 1.807) is 0 Å². The quantitative estimate of drug-likeness (QED) is 0.194. The van der Waals surface area contributed by atoms with Crippen LogP contribution in [-0.2, 0) is 0 Å². The molecule has 0 aromatic carbocycles. The third-order valence-corrected chi connectivity index (χ3v) is 8.56. The predicted octanol–water partition coefficient (Wildman–Crippen LogP) is 8.06. The SMILES string of the molecule is C=C1C=C(NC2CCC(CC(=C\N(C)C/C=C/CCC)/C=C(\C=C(C)C)N3CCCCC3)CC2)N=C2C=C(C)CN12. The van der Waals surface area contributed by atoms with Gasteiger partial charge in [0, 0.05) is 62.9 Å². The second-order valence-corrected chi connectivity index (χ2v) is 12.9. The summed E-state index contributed by atoms with van der Waals surface area (Å²) in [5.41, 5.74) is 6.62. The van der Waals surface area contributed by atoms with Gasteiger partial charge in [0.05, 0.1) is 0 Å². The van der Waals surface area contributed by atoms with Crippen molar-refractivity contribution in [1.29, 1.82) is 0 Å². The third kappa shape index (κ3) is 9.55. The lowest BCUT2D eigenvalue weighted by molar-refractivity contribution is 0.290. The Bertz CT molecular complexity index is 1110. The van der Waals surface area contributed by atoms with E-state index in [4.69, 9.17) is 4.99 Å². The van der Waals surface area contributed by atoms with E-state index in [0.29, 0.717) is 12.0 Å². The molecule has 0 atom stereocenters. The maximum atomic E-state index is 4.89. The molecule has 0 aromatic heterocycles. The predicted molar refractivity (Wildman–Crippen MR) is 176 cm³/mol. The van der Waals surface area contributed by atoms with E-state index in [1.807, 2.05) is 0 Å². The smallest absolute Gasteiger partial charge is 0.135 e. The van der Waals surface area contributed by atoms with Crippen LogP contribution in [0, 0.1) is 5.92 Å². The van der Waals surface area contributed by atoms with Gasteiger partial charge in [-0.25, -0.2) is 4.99 Å². The zero-order chi connectivity index (χ0) is 29.2. The van der Waals surface area contributed by atoms with E-state index in [1.165, 1.54) is 86.9 Å². The van der Waals surface area contributed by atoms with Crippen molar-refractivity contribution >= 4 is 5.84 Å². The fraction of sp³-hybridized carbons (Fsp3) is 0.583. The number of unbranched alkanes of at least 4 members (excludes halogenated alkanes) is 1. The van der Waals surface area contributed by atoms with Crippen LogP contribution in [0.3, 0.4) is 0 Å². The Morgan fingerprint density at radius 2 is 1.83 bits per heavy atom. The van der Waals surface area contributed by atoms with Crippen molar-refractivity contribution in [3.8, 4) is 0 Å². The summed E-state index contributed by atoms with van der Waals surface area (Å²) in [6, 6.07) is 0.483. The summed E-state index contributed by atoms with van der Waals surface area (Å²) >= 11 is 0. The van der Waals surface area contributed by atoms with Crippen LogP contribution in [0.2, 0.25) is 0 Å². The van der Waals surface area contributed by atoms with Gasteiger partial charge in [-0.3, -0.25) is 0 Å². The Morgan fingerprint density at radius 3 is 2.54 bits per heavy atom. The Labute approximate surface area is 250 Å². The molecular weight excluding hydrogens is 502 g/mol.